The van der Waals surface area contributed by atoms with Gasteiger partial charge < -0.3 is 19.2 Å². The highest BCUT2D eigenvalue weighted by atomic mass is 31.1. The molecule has 0 saturated heterocycles. The highest BCUT2D eigenvalue weighted by molar-refractivity contribution is 7.44. The van der Waals surface area contributed by atoms with Crippen molar-refractivity contribution in [3.63, 3.8) is 0 Å². The number of ether oxygens (including phenoxy) is 1. The smallest absolute Gasteiger partial charge is 0.308 e. The van der Waals surface area contributed by atoms with Gasteiger partial charge in [-0.1, -0.05) is 81.4 Å². The molecule has 30 heavy (non-hydrogen) atoms. The van der Waals surface area contributed by atoms with E-state index in [9.17, 15) is 9.69 Å². The Morgan fingerprint density at radius 1 is 1.10 bits per heavy atom. The number of aliphatic hydroxyl groups excluding tert-OH is 1. The van der Waals surface area contributed by atoms with Gasteiger partial charge in [0.05, 0.1) is 13.5 Å². The maximum Gasteiger partial charge on any atom is 0.308 e. The van der Waals surface area contributed by atoms with E-state index in [-0.39, 0.29) is 11.5 Å². The summed E-state index contributed by atoms with van der Waals surface area (Å²) in [6.07, 6.45) is -0.935. The average molecular weight is 449 g/mol. The first kappa shape index (κ1) is 24.4. The summed E-state index contributed by atoms with van der Waals surface area (Å²) in [7, 11) is -3.99. The molecule has 1 N–H and O–H groups in total. The van der Waals surface area contributed by atoms with Crippen LogP contribution in [0.15, 0.2) is 60.7 Å². The number of hydrogen-bond donors (Lipinski definition) is 1. The van der Waals surface area contributed by atoms with Gasteiger partial charge in [-0.15, -0.1) is 0 Å². The van der Waals surface area contributed by atoms with Crippen LogP contribution in [0.2, 0.25) is 5.04 Å². The molecule has 0 heterocycles. The molecule has 0 saturated carbocycles. The fraction of sp³-hybridized carbons (Fsp3) is 0.364. The minimum absolute atomic E-state index is 0.114. The van der Waals surface area contributed by atoms with Crippen molar-refractivity contribution in [1.82, 2.24) is 0 Å². The van der Waals surface area contributed by atoms with E-state index in [1.54, 1.807) is 0 Å². The van der Waals surface area contributed by atoms with Crippen molar-refractivity contribution >= 4 is 38.5 Å². The number of hydrogen-bond acceptors (Lipinski definition) is 6. The van der Waals surface area contributed by atoms with Gasteiger partial charge in [-0.05, 0) is 15.4 Å². The van der Waals surface area contributed by atoms with E-state index in [4.69, 9.17) is 18.8 Å². The average Bonchev–Trinajstić information content (AvgIpc) is 2.72. The predicted octanol–water partition coefficient (Wildman–Crippen LogP) is 1.94. The second kappa shape index (κ2) is 11.0. The minimum Gasteiger partial charge on any atom is -0.603 e. The van der Waals surface area contributed by atoms with Crippen LogP contribution < -0.4 is 15.3 Å². The highest BCUT2D eigenvalue weighted by Gasteiger charge is 2.51. The molecule has 0 aliphatic heterocycles. The van der Waals surface area contributed by atoms with Crippen molar-refractivity contribution < 1.29 is 28.5 Å². The zero-order valence-electron chi connectivity index (χ0n) is 17.8. The standard InChI is InChI=1S/C22H29O6PSi/c1-22(2,3)30(19-11-7-5-8-12-19,20-13-9-6-10-14-20)28-18(15-21(24)26-4)16-29(25)27-17-23/h5-14,16,18,23H,15,17H2,1-4H3/t18-/m0/s1. The summed E-state index contributed by atoms with van der Waals surface area (Å²) < 4.78 is 16.4. The molecular weight excluding hydrogens is 419 g/mol. The monoisotopic (exact) mass is 448 g/mol. The molecule has 162 valence electrons. The topological polar surface area (TPSA) is 88.1 Å². The second-order valence-corrected chi connectivity index (χ2v) is 13.2. The molecule has 0 spiro atoms. The Morgan fingerprint density at radius 3 is 2.00 bits per heavy atom. The van der Waals surface area contributed by atoms with E-state index in [0.29, 0.717) is 0 Å². The van der Waals surface area contributed by atoms with Gasteiger partial charge in [0.15, 0.2) is 6.79 Å². The quantitative estimate of drug-likeness (QED) is 0.273. The highest BCUT2D eigenvalue weighted by Crippen LogP contribution is 2.38. The predicted molar refractivity (Wildman–Crippen MR) is 120 cm³/mol. The molecule has 1 unspecified atom stereocenters. The molecule has 0 aliphatic carbocycles. The summed E-state index contributed by atoms with van der Waals surface area (Å²) >= 11 is 0. The lowest BCUT2D eigenvalue weighted by atomic mass is 10.2. The number of carbonyl (C=O) groups is 1. The number of rotatable bonds is 9. The molecule has 0 aliphatic rings. The second-order valence-electron chi connectivity index (χ2n) is 7.79. The van der Waals surface area contributed by atoms with E-state index in [1.807, 2.05) is 60.7 Å². The van der Waals surface area contributed by atoms with E-state index >= 15 is 0 Å². The summed E-state index contributed by atoms with van der Waals surface area (Å²) in [5, 5.41) is 10.7. The first-order valence-electron chi connectivity index (χ1n) is 9.65. The summed E-state index contributed by atoms with van der Waals surface area (Å²) in [6, 6.07) is 19.9. The lowest BCUT2D eigenvalue weighted by Crippen LogP contribution is -2.68. The van der Waals surface area contributed by atoms with Gasteiger partial charge in [-0.3, -0.25) is 4.79 Å². The van der Waals surface area contributed by atoms with E-state index in [2.05, 4.69) is 20.8 Å². The summed E-state index contributed by atoms with van der Waals surface area (Å²) in [4.78, 5) is 24.3. The van der Waals surface area contributed by atoms with Gasteiger partial charge in [0.25, 0.3) is 8.32 Å². The molecule has 6 nitrogen and oxygen atoms in total. The van der Waals surface area contributed by atoms with Crippen LogP contribution in [0.3, 0.4) is 0 Å². The summed E-state index contributed by atoms with van der Waals surface area (Å²) in [6.45, 7) is 5.64. The Morgan fingerprint density at radius 2 is 1.60 bits per heavy atom. The van der Waals surface area contributed by atoms with Gasteiger partial charge in [-0.25, -0.2) is 0 Å². The molecule has 0 aromatic heterocycles. The first-order valence-corrected chi connectivity index (χ1v) is 12.8. The summed E-state index contributed by atoms with van der Waals surface area (Å²) in [5.41, 5.74) is 0. The third kappa shape index (κ3) is 5.85. The Balaban J connectivity index is 2.67. The van der Waals surface area contributed by atoms with E-state index in [0.717, 1.165) is 10.4 Å². The number of carbonyl (C=O) groups excluding carboxylic acids is 1. The van der Waals surface area contributed by atoms with Gasteiger partial charge in [0, 0.05) is 0 Å². The van der Waals surface area contributed by atoms with Crippen LogP contribution in [-0.4, -0.2) is 45.2 Å². The fourth-order valence-electron chi connectivity index (χ4n) is 3.53. The molecule has 8 heteroatoms. The van der Waals surface area contributed by atoms with Crippen molar-refractivity contribution in [2.45, 2.75) is 38.3 Å². The Bertz CT molecular complexity index is 796. The zero-order chi connectivity index (χ0) is 22.2. The number of aliphatic hydroxyl groups is 1. The van der Waals surface area contributed by atoms with Crippen LogP contribution in [0.25, 0.3) is 0 Å². The zero-order valence-corrected chi connectivity index (χ0v) is 19.7. The van der Waals surface area contributed by atoms with Crippen molar-refractivity contribution in [3.8, 4) is 0 Å². The van der Waals surface area contributed by atoms with E-state index < -0.39 is 35.2 Å². The Labute approximate surface area is 180 Å². The molecule has 2 aromatic rings. The molecule has 0 amide bonds. The summed E-state index contributed by atoms with van der Waals surface area (Å²) in [5.74, 6) is 0.851. The maximum absolute atomic E-state index is 12.2. The first-order chi connectivity index (χ1) is 14.2. The Hall–Kier alpha value is -1.86. The van der Waals surface area contributed by atoms with Crippen molar-refractivity contribution in [2.24, 2.45) is 0 Å². The molecule has 2 rings (SSSR count). The number of benzene rings is 2. The minimum atomic E-state index is -2.97. The molecule has 0 radical (unpaired) electrons. The lowest BCUT2D eigenvalue weighted by Gasteiger charge is -2.44. The van der Waals surface area contributed by atoms with Crippen LogP contribution in [0.4, 0.5) is 0 Å². The van der Waals surface area contributed by atoms with Crippen molar-refractivity contribution in [3.05, 3.63) is 60.7 Å². The van der Waals surface area contributed by atoms with Crippen molar-refractivity contribution in [2.75, 3.05) is 13.9 Å². The normalized spacial score (nSPS) is 13.7. The Kier molecular flexibility index (Phi) is 8.91. The molecule has 0 fully saturated rings. The van der Waals surface area contributed by atoms with Crippen molar-refractivity contribution in [1.29, 1.82) is 0 Å². The van der Waals surface area contributed by atoms with Gasteiger partial charge >= 0.3 is 5.97 Å². The van der Waals surface area contributed by atoms with Crippen LogP contribution >= 0.6 is 8.00 Å². The fourth-order valence-corrected chi connectivity index (χ4v) is 8.90. The van der Waals surface area contributed by atoms with Crippen LogP contribution in [0.1, 0.15) is 27.2 Å². The number of esters is 1. The van der Waals surface area contributed by atoms with Crippen LogP contribution in [0.5, 0.6) is 0 Å². The van der Waals surface area contributed by atoms with Crippen LogP contribution in [-0.2, 0) is 18.5 Å². The molecule has 0 bridgehead atoms. The lowest BCUT2D eigenvalue weighted by molar-refractivity contribution is -0.177. The van der Waals surface area contributed by atoms with Gasteiger partial charge in [-0.2, -0.15) is 4.52 Å². The number of methoxy groups -OCH3 is 1. The molecular formula is C22H29O6PSi. The third-order valence-electron chi connectivity index (χ3n) is 4.81. The SMILES string of the molecule is COC(=O)C[C@@H](C=[P+]([O-])OCO)O[Si](c1ccccc1)(c1ccccc1)C(C)(C)C. The van der Waals surface area contributed by atoms with Crippen LogP contribution in [0, 0.1) is 0 Å². The molecule has 2 atom stereocenters. The maximum atomic E-state index is 12.2. The van der Waals surface area contributed by atoms with Gasteiger partial charge in [0.1, 0.15) is 11.9 Å². The molecule has 2 aromatic carbocycles. The van der Waals surface area contributed by atoms with Gasteiger partial charge in [0.2, 0.25) is 8.00 Å². The third-order valence-corrected chi connectivity index (χ3v) is 10.8. The largest absolute Gasteiger partial charge is 0.603 e. The van der Waals surface area contributed by atoms with E-state index in [1.165, 1.54) is 12.9 Å².